The van der Waals surface area contributed by atoms with E-state index in [4.69, 9.17) is 5.73 Å². The molecule has 0 bridgehead atoms. The van der Waals surface area contributed by atoms with E-state index in [0.29, 0.717) is 6.54 Å². The maximum absolute atomic E-state index is 12.4. The molecular weight excluding hydrogens is 294 g/mol. The van der Waals surface area contributed by atoms with Crippen molar-refractivity contribution in [3.63, 3.8) is 0 Å². The monoisotopic (exact) mass is 311 g/mol. The fraction of sp³-hybridized carbons (Fsp3) is 0.385. The van der Waals surface area contributed by atoms with Gasteiger partial charge < -0.3 is 11.1 Å². The number of sulfonamides is 1. The van der Waals surface area contributed by atoms with Crippen LogP contribution in [-0.4, -0.2) is 43.7 Å². The Labute approximate surface area is 123 Å². The number of nitrogens with two attached hydrogens (primary N) is 1. The molecule has 1 aromatic carbocycles. The third-order valence-corrected chi connectivity index (χ3v) is 5.11. The fourth-order valence-electron chi connectivity index (χ4n) is 2.19. The predicted molar refractivity (Wildman–Crippen MR) is 76.3 cm³/mol. The molecule has 114 valence electrons. The zero-order valence-electron chi connectivity index (χ0n) is 11.8. The summed E-state index contributed by atoms with van der Waals surface area (Å²) in [7, 11) is -3.89. The Kier molecular flexibility index (Phi) is 4.02. The molecule has 1 heterocycles. The first-order chi connectivity index (χ1) is 9.80. The number of nitrogens with zero attached hydrogens (tertiary/aromatic N) is 1. The molecule has 0 aliphatic carbocycles. The highest BCUT2D eigenvalue weighted by Crippen LogP contribution is 2.32. The Bertz CT molecular complexity index is 697. The molecule has 1 aliphatic rings. The van der Waals surface area contributed by atoms with Gasteiger partial charge in [0.2, 0.25) is 0 Å². The molecule has 0 spiro atoms. The third-order valence-electron chi connectivity index (χ3n) is 3.11. The molecule has 0 saturated heterocycles. The van der Waals surface area contributed by atoms with Crippen LogP contribution in [0.5, 0.6) is 0 Å². The molecule has 8 heteroatoms. The van der Waals surface area contributed by atoms with Crippen LogP contribution in [0.1, 0.15) is 34.6 Å². The van der Waals surface area contributed by atoms with E-state index in [0.717, 1.165) is 4.31 Å². The van der Waals surface area contributed by atoms with E-state index in [9.17, 15) is 18.0 Å². The molecule has 0 atom stereocenters. The lowest BCUT2D eigenvalue weighted by atomic mass is 10.1. The summed E-state index contributed by atoms with van der Waals surface area (Å²) in [6.07, 6.45) is 0. The second-order valence-corrected chi connectivity index (χ2v) is 6.74. The van der Waals surface area contributed by atoms with Gasteiger partial charge in [-0.25, -0.2) is 12.7 Å². The Balaban J connectivity index is 2.46. The molecular formula is C13H17N3O4S. The first kappa shape index (κ1) is 15.5. The van der Waals surface area contributed by atoms with E-state index < -0.39 is 27.9 Å². The predicted octanol–water partition coefficient (Wildman–Crippen LogP) is -0.0720. The zero-order chi connectivity index (χ0) is 15.8. The highest BCUT2D eigenvalue weighted by Gasteiger charge is 2.42. The van der Waals surface area contributed by atoms with Crippen LogP contribution in [0.25, 0.3) is 0 Å². The smallest absolute Gasteiger partial charge is 0.269 e. The maximum atomic E-state index is 12.4. The molecule has 0 unspecified atom stereocenters. The van der Waals surface area contributed by atoms with Crippen molar-refractivity contribution >= 4 is 21.8 Å². The lowest BCUT2D eigenvalue weighted by Gasteiger charge is -2.18. The van der Waals surface area contributed by atoms with Gasteiger partial charge in [-0.15, -0.1) is 0 Å². The summed E-state index contributed by atoms with van der Waals surface area (Å²) >= 11 is 0. The number of rotatable bonds is 4. The van der Waals surface area contributed by atoms with Gasteiger partial charge in [-0.3, -0.25) is 9.59 Å². The zero-order valence-corrected chi connectivity index (χ0v) is 12.6. The van der Waals surface area contributed by atoms with Crippen molar-refractivity contribution in [2.75, 3.05) is 13.1 Å². The Hall–Kier alpha value is -1.93. The topological polar surface area (TPSA) is 110 Å². The van der Waals surface area contributed by atoms with Crippen molar-refractivity contribution in [2.45, 2.75) is 24.8 Å². The van der Waals surface area contributed by atoms with Gasteiger partial charge in [0.1, 0.15) is 4.90 Å². The highest BCUT2D eigenvalue weighted by molar-refractivity contribution is 7.90. The average molecular weight is 311 g/mol. The Morgan fingerprint density at radius 2 is 2.05 bits per heavy atom. The van der Waals surface area contributed by atoms with E-state index in [1.807, 2.05) is 0 Å². The minimum atomic E-state index is -3.89. The summed E-state index contributed by atoms with van der Waals surface area (Å²) in [6.45, 7) is 3.82. The number of carbonyl (C=O) groups excluding carboxylic acids is 2. The van der Waals surface area contributed by atoms with Crippen LogP contribution in [0.4, 0.5) is 0 Å². The number of nitrogens with one attached hydrogen (secondary N) is 1. The van der Waals surface area contributed by atoms with Gasteiger partial charge in [-0.05, 0) is 32.0 Å². The largest absolute Gasteiger partial charge is 0.351 e. The van der Waals surface area contributed by atoms with Crippen molar-refractivity contribution < 1.29 is 18.0 Å². The summed E-state index contributed by atoms with van der Waals surface area (Å²) in [4.78, 5) is 23.9. The molecule has 0 radical (unpaired) electrons. The van der Waals surface area contributed by atoms with Crippen LogP contribution < -0.4 is 11.1 Å². The maximum Gasteiger partial charge on any atom is 0.269 e. The highest BCUT2D eigenvalue weighted by atomic mass is 32.2. The van der Waals surface area contributed by atoms with E-state index in [2.05, 4.69) is 5.32 Å². The van der Waals surface area contributed by atoms with Crippen LogP contribution in [0.2, 0.25) is 0 Å². The Morgan fingerprint density at radius 3 is 2.62 bits per heavy atom. The van der Waals surface area contributed by atoms with Gasteiger partial charge in [-0.2, -0.15) is 0 Å². The summed E-state index contributed by atoms with van der Waals surface area (Å²) in [6, 6.07) is 3.55. The molecule has 1 aliphatic heterocycles. The van der Waals surface area contributed by atoms with Gasteiger partial charge in [0.15, 0.2) is 0 Å². The minimum Gasteiger partial charge on any atom is -0.351 e. The average Bonchev–Trinajstić information content (AvgIpc) is 2.62. The van der Waals surface area contributed by atoms with Gasteiger partial charge in [0, 0.05) is 24.7 Å². The summed E-state index contributed by atoms with van der Waals surface area (Å²) in [5, 5.41) is 2.56. The quantitative estimate of drug-likeness (QED) is 0.809. The van der Waals surface area contributed by atoms with Crippen LogP contribution in [-0.2, 0) is 10.0 Å². The van der Waals surface area contributed by atoms with Crippen LogP contribution >= 0.6 is 0 Å². The Morgan fingerprint density at radius 1 is 1.38 bits per heavy atom. The standard InChI is InChI=1S/C13H17N3O4S/c1-8(2)16-13(18)10-4-3-9(12(17)15-6-5-14)7-11(10)21(16,19)20/h3-4,7-8H,5-6,14H2,1-2H3,(H,15,17). The van der Waals surface area contributed by atoms with Crippen LogP contribution in [0.3, 0.4) is 0 Å². The lowest BCUT2D eigenvalue weighted by Crippen LogP contribution is -2.36. The summed E-state index contributed by atoms with van der Waals surface area (Å²) in [5.41, 5.74) is 5.58. The number of hydrogen-bond donors (Lipinski definition) is 2. The minimum absolute atomic E-state index is 0.0964. The van der Waals surface area contributed by atoms with Crippen LogP contribution in [0.15, 0.2) is 23.1 Å². The van der Waals surface area contributed by atoms with Crippen molar-refractivity contribution in [3.05, 3.63) is 29.3 Å². The van der Waals surface area contributed by atoms with Crippen molar-refractivity contribution in [2.24, 2.45) is 5.73 Å². The van der Waals surface area contributed by atoms with Gasteiger partial charge >= 0.3 is 0 Å². The van der Waals surface area contributed by atoms with Gasteiger partial charge in [0.05, 0.1) is 5.56 Å². The van der Waals surface area contributed by atoms with E-state index >= 15 is 0 Å². The first-order valence-electron chi connectivity index (χ1n) is 6.51. The third kappa shape index (κ3) is 2.52. The van der Waals surface area contributed by atoms with E-state index in [1.165, 1.54) is 18.2 Å². The molecule has 3 N–H and O–H groups in total. The number of amides is 2. The molecule has 7 nitrogen and oxygen atoms in total. The van der Waals surface area contributed by atoms with Gasteiger partial charge in [0.25, 0.3) is 21.8 Å². The second-order valence-electron chi connectivity index (χ2n) is 4.96. The molecule has 0 saturated carbocycles. The molecule has 2 amide bonds. The molecule has 2 rings (SSSR count). The van der Waals surface area contributed by atoms with Crippen molar-refractivity contribution in [1.82, 2.24) is 9.62 Å². The van der Waals surface area contributed by atoms with E-state index in [-0.39, 0.29) is 22.6 Å². The normalized spacial score (nSPS) is 16.2. The van der Waals surface area contributed by atoms with Crippen molar-refractivity contribution in [1.29, 1.82) is 0 Å². The van der Waals surface area contributed by atoms with Crippen molar-refractivity contribution in [3.8, 4) is 0 Å². The molecule has 21 heavy (non-hydrogen) atoms. The van der Waals surface area contributed by atoms with Crippen LogP contribution in [0, 0.1) is 0 Å². The summed E-state index contributed by atoms with van der Waals surface area (Å²) < 4.78 is 25.6. The number of benzene rings is 1. The van der Waals surface area contributed by atoms with E-state index in [1.54, 1.807) is 13.8 Å². The number of hydrogen-bond acceptors (Lipinski definition) is 5. The molecule has 1 aromatic rings. The fourth-order valence-corrected chi connectivity index (χ4v) is 3.98. The summed E-state index contributed by atoms with van der Waals surface area (Å²) in [5.74, 6) is -0.984. The first-order valence-corrected chi connectivity index (χ1v) is 7.95. The van der Waals surface area contributed by atoms with Gasteiger partial charge in [-0.1, -0.05) is 0 Å². The molecule has 0 fully saturated rings. The number of carbonyl (C=O) groups is 2. The lowest BCUT2D eigenvalue weighted by molar-refractivity contribution is 0.0845. The second kappa shape index (κ2) is 5.45. The number of fused-ring (bicyclic) bond motifs is 1. The SMILES string of the molecule is CC(C)N1C(=O)c2ccc(C(=O)NCCN)cc2S1(=O)=O. The molecule has 0 aromatic heterocycles.